The molecule has 7 nitrogen and oxygen atoms in total. The summed E-state index contributed by atoms with van der Waals surface area (Å²) >= 11 is 0. The summed E-state index contributed by atoms with van der Waals surface area (Å²) in [5.41, 5.74) is 0.913. The Kier molecular flexibility index (Phi) is 4.72. The Morgan fingerprint density at radius 3 is 2.36 bits per heavy atom. The van der Waals surface area contributed by atoms with Crippen molar-refractivity contribution in [2.45, 2.75) is 6.04 Å². The van der Waals surface area contributed by atoms with Crippen molar-refractivity contribution in [1.82, 2.24) is 18.6 Å². The van der Waals surface area contributed by atoms with Crippen LogP contribution in [0.4, 0.5) is 10.2 Å². The van der Waals surface area contributed by atoms with Gasteiger partial charge in [0.15, 0.2) is 11.6 Å². The maximum absolute atomic E-state index is 14.8. The van der Waals surface area contributed by atoms with Gasteiger partial charge in [0.1, 0.15) is 12.0 Å². The molecular weight excluding hydrogens is 345 g/mol. The van der Waals surface area contributed by atoms with Crippen LogP contribution in [-0.4, -0.2) is 67.3 Å². The molecule has 3 rings (SSSR count). The van der Waals surface area contributed by atoms with E-state index in [9.17, 15) is 12.8 Å². The van der Waals surface area contributed by atoms with Crippen molar-refractivity contribution in [1.29, 1.82) is 0 Å². The van der Waals surface area contributed by atoms with E-state index < -0.39 is 16.0 Å². The molecule has 0 unspecified atom stereocenters. The van der Waals surface area contributed by atoms with E-state index in [1.807, 2.05) is 18.2 Å². The molecule has 0 aliphatic carbocycles. The van der Waals surface area contributed by atoms with Gasteiger partial charge in [-0.2, -0.15) is 17.0 Å². The van der Waals surface area contributed by atoms with Gasteiger partial charge in [-0.25, -0.2) is 14.4 Å². The molecule has 0 bridgehead atoms. The van der Waals surface area contributed by atoms with Crippen molar-refractivity contribution in [3.63, 3.8) is 0 Å². The summed E-state index contributed by atoms with van der Waals surface area (Å²) in [4.78, 5) is 9.80. The van der Waals surface area contributed by atoms with E-state index >= 15 is 0 Å². The number of rotatable bonds is 5. The first-order valence-corrected chi connectivity index (χ1v) is 9.18. The Labute approximate surface area is 146 Å². The number of benzene rings is 1. The summed E-state index contributed by atoms with van der Waals surface area (Å²) in [6.45, 7) is 0.761. The second kappa shape index (κ2) is 6.66. The number of likely N-dealkylation sites (N-methyl/N-ethyl adjacent to an activating group) is 1. The smallest absolute Gasteiger partial charge is 0.281 e. The molecule has 1 saturated heterocycles. The first kappa shape index (κ1) is 17.7. The van der Waals surface area contributed by atoms with Crippen LogP contribution in [0.1, 0.15) is 0 Å². The van der Waals surface area contributed by atoms with Crippen molar-refractivity contribution in [3.8, 4) is 11.3 Å². The molecule has 1 aliphatic heterocycles. The average molecular weight is 365 g/mol. The summed E-state index contributed by atoms with van der Waals surface area (Å²) in [6.07, 6.45) is 1.33. The topological polar surface area (TPSA) is 69.6 Å². The van der Waals surface area contributed by atoms with E-state index in [4.69, 9.17) is 0 Å². The normalized spacial score (nSPS) is 15.7. The molecule has 1 aliphatic rings. The molecule has 0 spiro atoms. The van der Waals surface area contributed by atoms with Gasteiger partial charge in [0.25, 0.3) is 10.2 Å². The standard InChI is InChI=1S/C16H20FN5O2S/c1-20(2)25(23,24)21(3)13-9-22(10-13)16-14(17)15(18-11-19-16)12-7-5-4-6-8-12/h4-8,11,13H,9-10H2,1-3H3. The molecule has 134 valence electrons. The first-order valence-electron chi connectivity index (χ1n) is 7.78. The van der Waals surface area contributed by atoms with E-state index in [0.29, 0.717) is 18.7 Å². The summed E-state index contributed by atoms with van der Waals surface area (Å²) in [6, 6.07) is 8.83. The van der Waals surface area contributed by atoms with Crippen LogP contribution in [0.5, 0.6) is 0 Å². The highest BCUT2D eigenvalue weighted by Crippen LogP contribution is 2.30. The summed E-state index contributed by atoms with van der Waals surface area (Å²) in [5.74, 6) is -0.300. The number of halogens is 1. The molecule has 2 aromatic rings. The molecule has 25 heavy (non-hydrogen) atoms. The molecule has 0 saturated carbocycles. The van der Waals surface area contributed by atoms with Crippen LogP contribution in [0.25, 0.3) is 11.3 Å². The van der Waals surface area contributed by atoms with Gasteiger partial charge in [-0.15, -0.1) is 0 Å². The lowest BCUT2D eigenvalue weighted by Gasteiger charge is -2.44. The Morgan fingerprint density at radius 1 is 1.12 bits per heavy atom. The van der Waals surface area contributed by atoms with E-state index in [1.54, 1.807) is 17.0 Å². The predicted octanol–water partition coefficient (Wildman–Crippen LogP) is 1.21. The minimum atomic E-state index is -3.49. The zero-order valence-corrected chi connectivity index (χ0v) is 15.1. The van der Waals surface area contributed by atoms with Gasteiger partial charge in [-0.3, -0.25) is 0 Å². The van der Waals surface area contributed by atoms with Gasteiger partial charge < -0.3 is 4.90 Å². The number of nitrogens with zero attached hydrogens (tertiary/aromatic N) is 5. The Morgan fingerprint density at radius 2 is 1.76 bits per heavy atom. The van der Waals surface area contributed by atoms with Crippen LogP contribution in [-0.2, 0) is 10.2 Å². The summed E-state index contributed by atoms with van der Waals surface area (Å²) < 4.78 is 41.6. The van der Waals surface area contributed by atoms with Gasteiger partial charge in [0.05, 0.1) is 6.04 Å². The monoisotopic (exact) mass is 365 g/mol. The van der Waals surface area contributed by atoms with Gasteiger partial charge in [0, 0.05) is 39.8 Å². The molecule has 1 fully saturated rings. The fourth-order valence-electron chi connectivity index (χ4n) is 2.68. The highest BCUT2D eigenvalue weighted by Gasteiger charge is 2.38. The van der Waals surface area contributed by atoms with Crippen molar-refractivity contribution in [3.05, 3.63) is 42.5 Å². The third-order valence-electron chi connectivity index (χ3n) is 4.32. The summed E-state index contributed by atoms with van der Waals surface area (Å²) in [7, 11) is 1.01. The van der Waals surface area contributed by atoms with E-state index in [2.05, 4.69) is 9.97 Å². The largest absolute Gasteiger partial charge is 0.351 e. The molecule has 0 N–H and O–H groups in total. The molecule has 1 aromatic heterocycles. The minimum absolute atomic E-state index is 0.195. The molecule has 0 radical (unpaired) electrons. The third-order valence-corrected chi connectivity index (χ3v) is 6.27. The quantitative estimate of drug-likeness (QED) is 0.797. The number of hydrogen-bond acceptors (Lipinski definition) is 5. The van der Waals surface area contributed by atoms with E-state index in [-0.39, 0.29) is 17.6 Å². The van der Waals surface area contributed by atoms with Crippen molar-refractivity contribution in [2.24, 2.45) is 0 Å². The highest BCUT2D eigenvalue weighted by molar-refractivity contribution is 7.86. The SMILES string of the molecule is CN(C)S(=O)(=O)N(C)C1CN(c2ncnc(-c3ccccc3)c2F)C1. The second-order valence-electron chi connectivity index (χ2n) is 6.09. The third kappa shape index (κ3) is 3.22. The average Bonchev–Trinajstić information content (AvgIpc) is 2.55. The molecular formula is C16H20FN5O2S. The van der Waals surface area contributed by atoms with Crippen LogP contribution >= 0.6 is 0 Å². The lowest BCUT2D eigenvalue weighted by molar-refractivity contribution is 0.291. The zero-order valence-electron chi connectivity index (χ0n) is 14.3. The molecule has 0 amide bonds. The molecule has 9 heteroatoms. The molecule has 0 atom stereocenters. The Hall–Kier alpha value is -2.10. The van der Waals surface area contributed by atoms with Crippen LogP contribution in [0.15, 0.2) is 36.7 Å². The Bertz CT molecular complexity index is 854. The fraction of sp³-hybridized carbons (Fsp3) is 0.375. The number of hydrogen-bond donors (Lipinski definition) is 0. The lowest BCUT2D eigenvalue weighted by Crippen LogP contribution is -2.61. The van der Waals surface area contributed by atoms with Crippen LogP contribution in [0, 0.1) is 5.82 Å². The Balaban J connectivity index is 1.78. The first-order chi connectivity index (χ1) is 11.8. The fourth-order valence-corrected chi connectivity index (χ4v) is 3.71. The van der Waals surface area contributed by atoms with Crippen LogP contribution < -0.4 is 4.90 Å². The van der Waals surface area contributed by atoms with Gasteiger partial charge >= 0.3 is 0 Å². The zero-order chi connectivity index (χ0) is 18.2. The van der Waals surface area contributed by atoms with E-state index in [1.165, 1.54) is 31.8 Å². The van der Waals surface area contributed by atoms with Gasteiger partial charge in [-0.1, -0.05) is 30.3 Å². The van der Waals surface area contributed by atoms with Crippen molar-refractivity contribution < 1.29 is 12.8 Å². The van der Waals surface area contributed by atoms with Crippen LogP contribution in [0.3, 0.4) is 0 Å². The van der Waals surface area contributed by atoms with Crippen molar-refractivity contribution >= 4 is 16.0 Å². The molecule has 1 aromatic carbocycles. The van der Waals surface area contributed by atoms with E-state index in [0.717, 1.165) is 4.31 Å². The van der Waals surface area contributed by atoms with Gasteiger partial charge in [-0.05, 0) is 0 Å². The summed E-state index contributed by atoms with van der Waals surface area (Å²) in [5, 5.41) is 0. The van der Waals surface area contributed by atoms with Gasteiger partial charge in [0.2, 0.25) is 0 Å². The lowest BCUT2D eigenvalue weighted by atomic mass is 10.1. The number of anilines is 1. The number of aromatic nitrogens is 2. The minimum Gasteiger partial charge on any atom is -0.351 e. The highest BCUT2D eigenvalue weighted by atomic mass is 32.2. The van der Waals surface area contributed by atoms with Crippen LogP contribution in [0.2, 0.25) is 0 Å². The predicted molar refractivity (Wildman–Crippen MR) is 93.8 cm³/mol. The second-order valence-corrected chi connectivity index (χ2v) is 8.29. The van der Waals surface area contributed by atoms with Crippen molar-refractivity contribution in [2.75, 3.05) is 39.1 Å². The maximum atomic E-state index is 14.8. The maximum Gasteiger partial charge on any atom is 0.281 e. The molecule has 2 heterocycles.